The van der Waals surface area contributed by atoms with E-state index in [0.717, 1.165) is 36.8 Å². The Hall–Kier alpha value is -4.27. The number of hydrogen-bond donors (Lipinski definition) is 2. The first-order chi connectivity index (χ1) is 18.0. The predicted octanol–water partition coefficient (Wildman–Crippen LogP) is 4.44. The van der Waals surface area contributed by atoms with Crippen LogP contribution in [0.25, 0.3) is 22.3 Å². The lowest BCUT2D eigenvalue weighted by Gasteiger charge is -2.21. The van der Waals surface area contributed by atoms with E-state index in [0.29, 0.717) is 46.8 Å². The van der Waals surface area contributed by atoms with Crippen LogP contribution >= 0.6 is 0 Å². The number of carbonyl (C=O) groups excluding carboxylic acids is 2. The van der Waals surface area contributed by atoms with Crippen LogP contribution in [0.3, 0.4) is 0 Å². The SMILES string of the molecule is COc1cc(-c2nn(C3CCC(=O)CC3)c3ncnc(N)c23)ccc1NC(=O)C1(c2ccccc2)CC1. The zero-order valence-corrected chi connectivity index (χ0v) is 20.6. The van der Waals surface area contributed by atoms with Gasteiger partial charge in [0.2, 0.25) is 5.91 Å². The molecule has 1 amide bonds. The molecular weight excluding hydrogens is 468 g/mol. The Bertz CT molecular complexity index is 1500. The van der Waals surface area contributed by atoms with Crippen molar-refractivity contribution < 1.29 is 14.3 Å². The van der Waals surface area contributed by atoms with E-state index >= 15 is 0 Å². The smallest absolute Gasteiger partial charge is 0.235 e. The number of ketones is 1. The molecule has 0 aliphatic heterocycles. The van der Waals surface area contributed by atoms with Crippen molar-refractivity contribution in [2.75, 3.05) is 18.2 Å². The molecule has 0 spiro atoms. The maximum atomic E-state index is 13.3. The molecule has 2 aromatic carbocycles. The maximum absolute atomic E-state index is 13.3. The third-order valence-corrected chi connectivity index (χ3v) is 7.61. The fourth-order valence-electron chi connectivity index (χ4n) is 5.33. The van der Waals surface area contributed by atoms with Crippen LogP contribution in [0.2, 0.25) is 0 Å². The molecule has 2 fully saturated rings. The van der Waals surface area contributed by atoms with Gasteiger partial charge in [-0.3, -0.25) is 9.59 Å². The lowest BCUT2D eigenvalue weighted by molar-refractivity contribution is -0.121. The highest BCUT2D eigenvalue weighted by Gasteiger charge is 2.51. The number of rotatable bonds is 6. The molecule has 0 unspecified atom stereocenters. The van der Waals surface area contributed by atoms with E-state index in [4.69, 9.17) is 15.6 Å². The Labute approximate surface area is 214 Å². The number of methoxy groups -OCH3 is 1. The van der Waals surface area contributed by atoms with Gasteiger partial charge in [0.05, 0.1) is 29.6 Å². The van der Waals surface area contributed by atoms with Gasteiger partial charge in [-0.25, -0.2) is 14.6 Å². The minimum Gasteiger partial charge on any atom is -0.495 e. The van der Waals surface area contributed by atoms with Crippen molar-refractivity contribution in [2.24, 2.45) is 0 Å². The van der Waals surface area contributed by atoms with Crippen LogP contribution in [-0.2, 0) is 15.0 Å². The van der Waals surface area contributed by atoms with Gasteiger partial charge in [0.25, 0.3) is 0 Å². The number of nitrogens with two attached hydrogens (primary N) is 1. The highest BCUT2D eigenvalue weighted by Crippen LogP contribution is 2.49. The number of Topliss-reactive ketones (excluding diaryl/α,β-unsaturated/α-hetero) is 1. The molecule has 6 rings (SSSR count). The Morgan fingerprint density at radius 3 is 2.57 bits per heavy atom. The maximum Gasteiger partial charge on any atom is 0.235 e. The van der Waals surface area contributed by atoms with Crippen LogP contribution < -0.4 is 15.8 Å². The molecule has 2 heterocycles. The van der Waals surface area contributed by atoms with Crippen LogP contribution in [0.4, 0.5) is 11.5 Å². The summed E-state index contributed by atoms with van der Waals surface area (Å²) in [4.78, 5) is 33.8. The number of hydrogen-bond acceptors (Lipinski definition) is 7. The van der Waals surface area contributed by atoms with Gasteiger partial charge in [0.15, 0.2) is 5.65 Å². The van der Waals surface area contributed by atoms with Crippen LogP contribution in [0.5, 0.6) is 5.75 Å². The van der Waals surface area contributed by atoms with Gasteiger partial charge in [-0.1, -0.05) is 36.4 Å². The molecule has 4 aromatic rings. The second-order valence-corrected chi connectivity index (χ2v) is 9.84. The van der Waals surface area contributed by atoms with E-state index in [1.165, 1.54) is 6.33 Å². The third-order valence-electron chi connectivity index (χ3n) is 7.61. The van der Waals surface area contributed by atoms with Crippen molar-refractivity contribution in [3.8, 4) is 17.0 Å². The topological polar surface area (TPSA) is 125 Å². The molecule has 2 saturated carbocycles. The zero-order valence-electron chi connectivity index (χ0n) is 20.6. The van der Waals surface area contributed by atoms with E-state index in [1.807, 2.05) is 53.2 Å². The number of ether oxygens (including phenoxy) is 1. The average Bonchev–Trinajstić information content (AvgIpc) is 3.65. The standard InChI is InChI=1S/C28H28N6O3/c1-37-22-15-17(7-12-21(22)32-27(36)28(13-14-28)18-5-3-2-4-6-18)24-23-25(29)30-16-31-26(23)34(33-24)19-8-10-20(35)11-9-19/h2-7,12,15-16,19H,8-11,13-14H2,1H3,(H,32,36)(H2,29,30,31). The lowest BCUT2D eigenvalue weighted by atomic mass is 9.94. The largest absolute Gasteiger partial charge is 0.495 e. The Morgan fingerprint density at radius 1 is 1.11 bits per heavy atom. The molecule has 0 atom stereocenters. The van der Waals surface area contributed by atoms with Crippen molar-refractivity contribution >= 4 is 34.2 Å². The Kier molecular flexibility index (Phi) is 5.62. The van der Waals surface area contributed by atoms with Gasteiger partial charge < -0.3 is 15.8 Å². The number of nitrogen functional groups attached to an aromatic ring is 1. The van der Waals surface area contributed by atoms with Gasteiger partial charge in [-0.15, -0.1) is 0 Å². The Morgan fingerprint density at radius 2 is 1.86 bits per heavy atom. The number of nitrogens with one attached hydrogen (secondary N) is 1. The summed E-state index contributed by atoms with van der Waals surface area (Å²) in [5.74, 6) is 1.11. The minimum absolute atomic E-state index is 0.0380. The average molecular weight is 497 g/mol. The molecule has 37 heavy (non-hydrogen) atoms. The quantitative estimate of drug-likeness (QED) is 0.404. The number of anilines is 2. The minimum atomic E-state index is -0.493. The molecule has 0 bridgehead atoms. The second kappa shape index (κ2) is 8.99. The second-order valence-electron chi connectivity index (χ2n) is 9.84. The lowest BCUT2D eigenvalue weighted by Crippen LogP contribution is -2.27. The predicted molar refractivity (Wildman–Crippen MR) is 140 cm³/mol. The summed E-state index contributed by atoms with van der Waals surface area (Å²) in [7, 11) is 1.58. The van der Waals surface area contributed by atoms with E-state index in [2.05, 4.69) is 15.3 Å². The third kappa shape index (κ3) is 4.00. The van der Waals surface area contributed by atoms with Crippen molar-refractivity contribution in [3.05, 3.63) is 60.4 Å². The van der Waals surface area contributed by atoms with Gasteiger partial charge in [0.1, 0.15) is 29.4 Å². The summed E-state index contributed by atoms with van der Waals surface area (Å²) >= 11 is 0. The van der Waals surface area contributed by atoms with Crippen molar-refractivity contribution in [1.29, 1.82) is 0 Å². The fraction of sp³-hybridized carbons (Fsp3) is 0.321. The summed E-state index contributed by atoms with van der Waals surface area (Å²) in [6.07, 6.45) is 5.58. The first-order valence-corrected chi connectivity index (χ1v) is 12.6. The molecule has 9 heteroatoms. The fourth-order valence-corrected chi connectivity index (χ4v) is 5.33. The number of amides is 1. The number of carbonyl (C=O) groups is 2. The normalized spacial score (nSPS) is 17.1. The molecular formula is C28H28N6O3. The highest BCUT2D eigenvalue weighted by atomic mass is 16.5. The molecule has 188 valence electrons. The van der Waals surface area contributed by atoms with Crippen LogP contribution in [0, 0.1) is 0 Å². The van der Waals surface area contributed by atoms with Gasteiger partial charge >= 0.3 is 0 Å². The number of fused-ring (bicyclic) bond motifs is 1. The molecule has 2 aliphatic carbocycles. The number of benzene rings is 2. The van der Waals surface area contributed by atoms with Crippen molar-refractivity contribution in [2.45, 2.75) is 50.0 Å². The summed E-state index contributed by atoms with van der Waals surface area (Å²) in [6.45, 7) is 0. The summed E-state index contributed by atoms with van der Waals surface area (Å²) < 4.78 is 7.56. The molecule has 9 nitrogen and oxygen atoms in total. The van der Waals surface area contributed by atoms with Crippen LogP contribution in [0.15, 0.2) is 54.9 Å². The summed E-state index contributed by atoms with van der Waals surface area (Å²) in [5, 5.41) is 8.65. The molecule has 3 N–H and O–H groups in total. The van der Waals surface area contributed by atoms with E-state index in [1.54, 1.807) is 7.11 Å². The van der Waals surface area contributed by atoms with E-state index < -0.39 is 5.41 Å². The van der Waals surface area contributed by atoms with E-state index in [9.17, 15) is 9.59 Å². The van der Waals surface area contributed by atoms with Gasteiger partial charge in [-0.2, -0.15) is 5.10 Å². The van der Waals surface area contributed by atoms with Crippen LogP contribution in [-0.4, -0.2) is 38.5 Å². The van der Waals surface area contributed by atoms with Crippen molar-refractivity contribution in [1.82, 2.24) is 19.7 Å². The summed E-state index contributed by atoms with van der Waals surface area (Å²) in [6, 6.07) is 15.5. The Balaban J connectivity index is 1.35. The first-order valence-electron chi connectivity index (χ1n) is 12.6. The number of nitrogens with zero attached hydrogens (tertiary/aromatic N) is 4. The van der Waals surface area contributed by atoms with Crippen LogP contribution in [0.1, 0.15) is 50.1 Å². The highest BCUT2D eigenvalue weighted by molar-refractivity contribution is 6.03. The molecule has 0 radical (unpaired) electrons. The summed E-state index contributed by atoms with van der Waals surface area (Å²) in [5.41, 5.74) is 9.49. The number of aromatic nitrogens is 4. The van der Waals surface area contributed by atoms with E-state index in [-0.39, 0.29) is 17.7 Å². The monoisotopic (exact) mass is 496 g/mol. The zero-order chi connectivity index (χ0) is 25.6. The first kappa shape index (κ1) is 23.1. The van der Waals surface area contributed by atoms with Crippen molar-refractivity contribution in [3.63, 3.8) is 0 Å². The molecule has 2 aliphatic rings. The van der Waals surface area contributed by atoms with Gasteiger partial charge in [-0.05, 0) is 43.4 Å². The molecule has 0 saturated heterocycles. The van der Waals surface area contributed by atoms with Gasteiger partial charge in [0, 0.05) is 18.4 Å². The molecule has 2 aromatic heterocycles.